The van der Waals surface area contributed by atoms with Gasteiger partial charge in [0.1, 0.15) is 17.2 Å². The zero-order valence-electron chi connectivity index (χ0n) is 22.7. The van der Waals surface area contributed by atoms with Gasteiger partial charge < -0.3 is 42.6 Å². The first-order chi connectivity index (χ1) is 17.9. The highest BCUT2D eigenvalue weighted by Gasteiger charge is 2.31. The maximum atomic E-state index is 5.83. The Balaban J connectivity index is 2.50. The van der Waals surface area contributed by atoms with Gasteiger partial charge in [-0.25, -0.2) is 0 Å². The summed E-state index contributed by atoms with van der Waals surface area (Å²) in [6.07, 6.45) is 0. The van der Waals surface area contributed by atoms with Crippen molar-refractivity contribution in [2.45, 2.75) is 5.92 Å². The van der Waals surface area contributed by atoms with Gasteiger partial charge in [-0.1, -0.05) is 0 Å². The summed E-state index contributed by atoms with van der Waals surface area (Å²) < 4.78 is 51.0. The van der Waals surface area contributed by atoms with Gasteiger partial charge in [0.05, 0.1) is 64.0 Å². The molecule has 0 aliphatic rings. The lowest BCUT2D eigenvalue weighted by atomic mass is 9.82. The first-order valence-electron chi connectivity index (χ1n) is 11.3. The van der Waals surface area contributed by atoms with Gasteiger partial charge in [0, 0.05) is 40.8 Å². The van der Waals surface area contributed by atoms with E-state index < -0.39 is 5.92 Å². The molecule has 0 aliphatic carbocycles. The van der Waals surface area contributed by atoms with E-state index in [0.29, 0.717) is 51.7 Å². The third-order valence-electron chi connectivity index (χ3n) is 6.14. The van der Waals surface area contributed by atoms with Gasteiger partial charge in [0.25, 0.3) is 0 Å². The topological polar surface area (TPSA) is 83.1 Å². The maximum Gasteiger partial charge on any atom is 0.164 e. The zero-order chi connectivity index (χ0) is 27.1. The van der Waals surface area contributed by atoms with Gasteiger partial charge >= 0.3 is 0 Å². The molecule has 9 nitrogen and oxygen atoms in total. The van der Waals surface area contributed by atoms with E-state index in [2.05, 4.69) is 0 Å². The highest BCUT2D eigenvalue weighted by Crippen LogP contribution is 2.51. The molecule has 0 spiro atoms. The second kappa shape index (κ2) is 12.2. The molecule has 0 atom stereocenters. The molecule has 3 rings (SSSR count). The smallest absolute Gasteiger partial charge is 0.164 e. The van der Waals surface area contributed by atoms with Crippen molar-refractivity contribution in [2.24, 2.45) is 0 Å². The molecule has 3 aromatic carbocycles. The van der Waals surface area contributed by atoms with Crippen molar-refractivity contribution in [3.8, 4) is 51.7 Å². The van der Waals surface area contributed by atoms with Crippen molar-refractivity contribution in [1.29, 1.82) is 0 Å². The van der Waals surface area contributed by atoms with E-state index in [1.807, 2.05) is 18.2 Å². The molecule has 0 aliphatic heterocycles. The lowest BCUT2D eigenvalue weighted by Crippen LogP contribution is -2.11. The van der Waals surface area contributed by atoms with Gasteiger partial charge in [0.2, 0.25) is 0 Å². The van der Waals surface area contributed by atoms with Crippen LogP contribution in [-0.2, 0) is 0 Å². The van der Waals surface area contributed by atoms with Gasteiger partial charge in [0.15, 0.2) is 34.5 Å². The number of methoxy groups -OCH3 is 9. The van der Waals surface area contributed by atoms with Crippen molar-refractivity contribution in [1.82, 2.24) is 0 Å². The number of hydrogen-bond acceptors (Lipinski definition) is 9. The highest BCUT2D eigenvalue weighted by atomic mass is 16.5. The number of hydrogen-bond donors (Lipinski definition) is 0. The molecule has 0 N–H and O–H groups in total. The molecule has 0 aromatic heterocycles. The summed E-state index contributed by atoms with van der Waals surface area (Å²) in [6.45, 7) is 0. The molecule has 0 radical (unpaired) electrons. The lowest BCUT2D eigenvalue weighted by molar-refractivity contribution is 0.342. The van der Waals surface area contributed by atoms with Crippen molar-refractivity contribution in [3.63, 3.8) is 0 Å². The first kappa shape index (κ1) is 27.4. The molecule has 0 fully saturated rings. The summed E-state index contributed by atoms with van der Waals surface area (Å²) in [5, 5.41) is 0. The molecule has 37 heavy (non-hydrogen) atoms. The van der Waals surface area contributed by atoms with Crippen LogP contribution in [0.3, 0.4) is 0 Å². The van der Waals surface area contributed by atoms with Crippen LogP contribution in [0, 0.1) is 0 Å². The molecular weight excluding hydrogens is 480 g/mol. The van der Waals surface area contributed by atoms with Gasteiger partial charge in [-0.15, -0.1) is 0 Å². The van der Waals surface area contributed by atoms with E-state index >= 15 is 0 Å². The van der Waals surface area contributed by atoms with E-state index in [1.54, 1.807) is 82.2 Å². The van der Waals surface area contributed by atoms with E-state index in [4.69, 9.17) is 42.6 Å². The third kappa shape index (κ3) is 5.21. The van der Waals surface area contributed by atoms with Crippen LogP contribution in [0.5, 0.6) is 51.7 Å². The fourth-order valence-electron chi connectivity index (χ4n) is 4.34. The fraction of sp³-hybridized carbons (Fsp3) is 0.357. The summed E-state index contributed by atoms with van der Waals surface area (Å²) in [5.74, 6) is 4.37. The van der Waals surface area contributed by atoms with E-state index in [0.717, 1.165) is 16.7 Å². The Bertz CT molecular complexity index is 1070. The Morgan fingerprint density at radius 3 is 0.676 bits per heavy atom. The van der Waals surface area contributed by atoms with Crippen LogP contribution in [0.15, 0.2) is 36.4 Å². The normalized spacial score (nSPS) is 10.5. The monoisotopic (exact) mass is 514 g/mol. The highest BCUT2D eigenvalue weighted by molar-refractivity contribution is 5.65. The van der Waals surface area contributed by atoms with Crippen LogP contribution in [0.4, 0.5) is 0 Å². The zero-order valence-corrected chi connectivity index (χ0v) is 22.7. The van der Waals surface area contributed by atoms with Gasteiger partial charge in [-0.3, -0.25) is 0 Å². The Kier molecular flexibility index (Phi) is 9.05. The van der Waals surface area contributed by atoms with Crippen LogP contribution in [0.25, 0.3) is 0 Å². The average molecular weight is 515 g/mol. The maximum absolute atomic E-state index is 5.83. The van der Waals surface area contributed by atoms with Crippen LogP contribution in [0.2, 0.25) is 0 Å². The second-order valence-corrected chi connectivity index (χ2v) is 7.78. The van der Waals surface area contributed by atoms with Crippen molar-refractivity contribution < 1.29 is 42.6 Å². The third-order valence-corrected chi connectivity index (χ3v) is 6.14. The van der Waals surface area contributed by atoms with Crippen LogP contribution in [0.1, 0.15) is 22.6 Å². The standard InChI is InChI=1S/C28H34O9/c1-29-19-13-25(35-7)22(32-4)10-16(19)28(17-11-23(33-5)26(36-8)14-20(17)30-2)18-12-24(34-6)27(37-9)15-21(18)31-3/h10-15,28H,1-9H3. The molecule has 0 bridgehead atoms. The summed E-state index contributed by atoms with van der Waals surface area (Å²) in [7, 11) is 14.2. The van der Waals surface area contributed by atoms with E-state index in [1.165, 1.54) is 0 Å². The predicted octanol–water partition coefficient (Wildman–Crippen LogP) is 4.94. The Hall–Kier alpha value is -4.14. The molecule has 0 heterocycles. The molecule has 0 saturated heterocycles. The second-order valence-electron chi connectivity index (χ2n) is 7.78. The van der Waals surface area contributed by atoms with Crippen LogP contribution < -0.4 is 42.6 Å². The minimum Gasteiger partial charge on any atom is -0.496 e. The average Bonchev–Trinajstić information content (AvgIpc) is 2.95. The molecule has 0 saturated carbocycles. The number of benzene rings is 3. The molecule has 200 valence electrons. The summed E-state index contributed by atoms with van der Waals surface area (Å²) in [6, 6.07) is 10.9. The quantitative estimate of drug-likeness (QED) is 0.312. The molecular formula is C28H34O9. The lowest BCUT2D eigenvalue weighted by Gasteiger charge is -2.27. The fourth-order valence-corrected chi connectivity index (χ4v) is 4.34. The largest absolute Gasteiger partial charge is 0.496 e. The Morgan fingerprint density at radius 1 is 0.297 bits per heavy atom. The Labute approximate surface area is 217 Å². The summed E-state index contributed by atoms with van der Waals surface area (Å²) in [4.78, 5) is 0. The predicted molar refractivity (Wildman–Crippen MR) is 139 cm³/mol. The van der Waals surface area contributed by atoms with E-state index in [-0.39, 0.29) is 0 Å². The number of rotatable bonds is 12. The number of ether oxygens (including phenoxy) is 9. The molecule has 3 aromatic rings. The van der Waals surface area contributed by atoms with E-state index in [9.17, 15) is 0 Å². The SMILES string of the molecule is COc1cc(OC)c(C(c2cc(OC)c(OC)cc2OC)c2cc(OC)c(OC)cc2OC)cc1OC. The molecule has 0 unspecified atom stereocenters. The van der Waals surface area contributed by atoms with Crippen molar-refractivity contribution >= 4 is 0 Å². The first-order valence-corrected chi connectivity index (χ1v) is 11.3. The molecule has 0 amide bonds. The van der Waals surface area contributed by atoms with Crippen LogP contribution in [-0.4, -0.2) is 64.0 Å². The van der Waals surface area contributed by atoms with Crippen LogP contribution >= 0.6 is 0 Å². The van der Waals surface area contributed by atoms with Crippen molar-refractivity contribution in [3.05, 3.63) is 53.1 Å². The minimum absolute atomic E-state index is 0.501. The summed E-state index contributed by atoms with van der Waals surface area (Å²) in [5.41, 5.74) is 2.28. The Morgan fingerprint density at radius 2 is 0.486 bits per heavy atom. The molecule has 9 heteroatoms. The van der Waals surface area contributed by atoms with Gasteiger partial charge in [-0.2, -0.15) is 0 Å². The van der Waals surface area contributed by atoms with Crippen molar-refractivity contribution in [2.75, 3.05) is 64.0 Å². The van der Waals surface area contributed by atoms with Gasteiger partial charge in [-0.05, 0) is 18.2 Å². The summed E-state index contributed by atoms with van der Waals surface area (Å²) >= 11 is 0. The minimum atomic E-state index is -0.501.